The zero-order valence-electron chi connectivity index (χ0n) is 12.8. The topological polar surface area (TPSA) is 95.7 Å². The maximum absolute atomic E-state index is 11.8. The van der Waals surface area contributed by atoms with Gasteiger partial charge in [-0.05, 0) is 14.0 Å². The number of aromatic nitrogens is 1. The van der Waals surface area contributed by atoms with Gasteiger partial charge >= 0.3 is 5.97 Å². The number of carbonyl (C=O) groups is 2. The monoisotopic (exact) mass is 319 g/mol. The van der Waals surface area contributed by atoms with Gasteiger partial charge in [0.1, 0.15) is 6.04 Å². The van der Waals surface area contributed by atoms with E-state index in [4.69, 9.17) is 9.63 Å². The molecule has 0 aromatic carbocycles. The highest BCUT2D eigenvalue weighted by molar-refractivity contribution is 5.91. The lowest BCUT2D eigenvalue weighted by molar-refractivity contribution is -0.142. The van der Waals surface area contributed by atoms with Crippen LogP contribution in [0.3, 0.4) is 0 Å². The van der Waals surface area contributed by atoms with E-state index in [1.54, 1.807) is 13.1 Å². The highest BCUT2D eigenvalue weighted by atomic mass is 35.5. The number of carbonyl (C=O) groups excluding carboxylic acids is 1. The second-order valence-corrected chi connectivity index (χ2v) is 5.80. The Morgan fingerprint density at radius 3 is 2.48 bits per heavy atom. The lowest BCUT2D eigenvalue weighted by Gasteiger charge is -2.19. The van der Waals surface area contributed by atoms with Gasteiger partial charge in [-0.25, -0.2) is 0 Å². The smallest absolute Gasteiger partial charge is 0.320 e. The molecule has 1 heterocycles. The van der Waals surface area contributed by atoms with Crippen LogP contribution in [0.1, 0.15) is 33.4 Å². The zero-order chi connectivity index (χ0) is 15.5. The van der Waals surface area contributed by atoms with E-state index in [0.717, 1.165) is 5.69 Å². The highest BCUT2D eigenvalue weighted by Gasteiger charge is 2.22. The van der Waals surface area contributed by atoms with Crippen LogP contribution in [0, 0.1) is 0 Å². The molecule has 0 aliphatic rings. The van der Waals surface area contributed by atoms with Crippen LogP contribution in [0.5, 0.6) is 0 Å². The van der Waals surface area contributed by atoms with Gasteiger partial charge in [-0.1, -0.05) is 25.9 Å². The van der Waals surface area contributed by atoms with Crippen LogP contribution in [0.4, 0.5) is 5.88 Å². The van der Waals surface area contributed by atoms with E-state index >= 15 is 0 Å². The number of amides is 1. The summed E-state index contributed by atoms with van der Waals surface area (Å²) in [6.45, 7) is 7.43. The molecule has 1 aromatic rings. The summed E-state index contributed by atoms with van der Waals surface area (Å²) in [4.78, 5) is 24.0. The van der Waals surface area contributed by atoms with Gasteiger partial charge in [0.25, 0.3) is 0 Å². The number of nitrogens with zero attached hydrogens (tertiary/aromatic N) is 2. The molecule has 1 rings (SSSR count). The number of hydrogen-bond donors (Lipinski definition) is 2. The van der Waals surface area contributed by atoms with Crippen molar-refractivity contribution >= 4 is 30.2 Å². The van der Waals surface area contributed by atoms with Crippen molar-refractivity contribution in [2.45, 2.75) is 39.2 Å². The minimum atomic E-state index is -0.977. The number of carboxylic acids is 1. The Bertz CT molecular complexity index is 496. The molecule has 7 nitrogen and oxygen atoms in total. The second-order valence-electron chi connectivity index (χ2n) is 5.80. The summed E-state index contributed by atoms with van der Waals surface area (Å²) >= 11 is 0. The van der Waals surface area contributed by atoms with Gasteiger partial charge in [-0.15, -0.1) is 12.4 Å². The largest absolute Gasteiger partial charge is 0.480 e. The molecule has 0 bridgehead atoms. The van der Waals surface area contributed by atoms with Crippen LogP contribution >= 0.6 is 12.4 Å². The maximum atomic E-state index is 11.8. The molecule has 0 aliphatic carbocycles. The third-order valence-corrected chi connectivity index (χ3v) is 2.95. The molecular weight excluding hydrogens is 298 g/mol. The lowest BCUT2D eigenvalue weighted by atomic mass is 9.92. The molecule has 1 amide bonds. The minimum Gasteiger partial charge on any atom is -0.480 e. The summed E-state index contributed by atoms with van der Waals surface area (Å²) in [5.74, 6) is -1.07. The fraction of sp³-hybridized carbons (Fsp3) is 0.615. The first-order chi connectivity index (χ1) is 9.11. The summed E-state index contributed by atoms with van der Waals surface area (Å²) in [7, 11) is 1.57. The molecule has 0 saturated heterocycles. The molecule has 0 aliphatic heterocycles. The van der Waals surface area contributed by atoms with E-state index in [0.29, 0.717) is 0 Å². The van der Waals surface area contributed by atoms with Crippen molar-refractivity contribution in [3.8, 4) is 0 Å². The number of rotatable bonds is 5. The van der Waals surface area contributed by atoms with Gasteiger partial charge in [0, 0.05) is 11.5 Å². The van der Waals surface area contributed by atoms with Crippen molar-refractivity contribution in [2.75, 3.05) is 18.9 Å². The quantitative estimate of drug-likeness (QED) is 0.858. The summed E-state index contributed by atoms with van der Waals surface area (Å²) in [5, 5.41) is 15.3. The molecule has 8 heteroatoms. The van der Waals surface area contributed by atoms with Gasteiger partial charge < -0.3 is 9.63 Å². The van der Waals surface area contributed by atoms with Crippen LogP contribution in [0.15, 0.2) is 10.6 Å². The average Bonchev–Trinajstić information content (AvgIpc) is 2.75. The van der Waals surface area contributed by atoms with Crippen LogP contribution in [0.2, 0.25) is 0 Å². The number of nitrogens with one attached hydrogen (secondary N) is 1. The number of halogens is 1. The molecule has 0 fully saturated rings. The Morgan fingerprint density at radius 2 is 2.05 bits per heavy atom. The van der Waals surface area contributed by atoms with Gasteiger partial charge in [-0.3, -0.25) is 19.8 Å². The third-order valence-electron chi connectivity index (χ3n) is 2.95. The molecule has 120 valence electrons. The van der Waals surface area contributed by atoms with Crippen molar-refractivity contribution in [2.24, 2.45) is 0 Å². The zero-order valence-corrected chi connectivity index (χ0v) is 13.7. The van der Waals surface area contributed by atoms with E-state index in [2.05, 4.69) is 10.5 Å². The van der Waals surface area contributed by atoms with E-state index in [1.807, 2.05) is 20.8 Å². The van der Waals surface area contributed by atoms with Gasteiger partial charge in [0.2, 0.25) is 11.8 Å². The maximum Gasteiger partial charge on any atom is 0.320 e. The standard InChI is InChI=1S/C13H21N3O4.ClH/c1-8(12(18)19)16(5)7-10(17)14-11-6-9(15-20-11)13(2,3)4;/h6,8H,7H2,1-5H3,(H,14,17)(H,18,19);1H. The Kier molecular flexibility index (Phi) is 6.85. The first-order valence-electron chi connectivity index (χ1n) is 6.31. The van der Waals surface area contributed by atoms with Crippen LogP contribution in [0.25, 0.3) is 0 Å². The second kappa shape index (κ2) is 7.42. The number of carboxylic acid groups (broad SMARTS) is 1. The number of aliphatic carboxylic acids is 1. The lowest BCUT2D eigenvalue weighted by Crippen LogP contribution is -2.40. The third kappa shape index (κ3) is 5.73. The first kappa shape index (κ1) is 19.4. The van der Waals surface area contributed by atoms with Crippen molar-refractivity contribution in [1.82, 2.24) is 10.1 Å². The first-order valence-corrected chi connectivity index (χ1v) is 6.31. The number of likely N-dealkylation sites (N-methyl/N-ethyl adjacent to an activating group) is 1. The van der Waals surface area contributed by atoms with Gasteiger partial charge in [-0.2, -0.15) is 0 Å². The van der Waals surface area contributed by atoms with Crippen LogP contribution in [-0.4, -0.2) is 46.7 Å². The molecule has 21 heavy (non-hydrogen) atoms. The molecule has 1 unspecified atom stereocenters. The molecule has 0 spiro atoms. The summed E-state index contributed by atoms with van der Waals surface area (Å²) in [6.07, 6.45) is 0. The van der Waals surface area contributed by atoms with Gasteiger partial charge in [0.05, 0.1) is 12.2 Å². The van der Waals surface area contributed by atoms with Crippen LogP contribution < -0.4 is 5.32 Å². The minimum absolute atomic E-state index is 0. The average molecular weight is 320 g/mol. The molecule has 0 radical (unpaired) electrons. The number of anilines is 1. The van der Waals surface area contributed by atoms with Crippen molar-refractivity contribution in [3.05, 3.63) is 11.8 Å². The predicted octanol–water partition coefficient (Wildman–Crippen LogP) is 1.74. The Morgan fingerprint density at radius 1 is 1.48 bits per heavy atom. The van der Waals surface area contributed by atoms with Crippen molar-refractivity contribution < 1.29 is 19.2 Å². The fourth-order valence-corrected chi connectivity index (χ4v) is 1.42. The molecule has 1 aromatic heterocycles. The normalized spacial score (nSPS) is 12.7. The molecule has 0 saturated carbocycles. The van der Waals surface area contributed by atoms with E-state index in [-0.39, 0.29) is 36.2 Å². The Labute approximate surface area is 130 Å². The van der Waals surface area contributed by atoms with E-state index in [1.165, 1.54) is 11.8 Å². The van der Waals surface area contributed by atoms with E-state index < -0.39 is 12.0 Å². The molecule has 2 N–H and O–H groups in total. The van der Waals surface area contributed by atoms with Crippen LogP contribution in [-0.2, 0) is 15.0 Å². The fourth-order valence-electron chi connectivity index (χ4n) is 1.42. The number of hydrogen-bond acceptors (Lipinski definition) is 5. The SMILES string of the molecule is CC(C(=O)O)N(C)CC(=O)Nc1cc(C(C)(C)C)no1.Cl. The summed E-state index contributed by atoms with van der Waals surface area (Å²) < 4.78 is 5.03. The van der Waals surface area contributed by atoms with E-state index in [9.17, 15) is 9.59 Å². The van der Waals surface area contributed by atoms with Crippen molar-refractivity contribution in [3.63, 3.8) is 0 Å². The molecule has 1 atom stereocenters. The predicted molar refractivity (Wildman–Crippen MR) is 80.8 cm³/mol. The van der Waals surface area contributed by atoms with Crippen molar-refractivity contribution in [1.29, 1.82) is 0 Å². The summed E-state index contributed by atoms with van der Waals surface area (Å²) in [6, 6.07) is 0.930. The highest BCUT2D eigenvalue weighted by Crippen LogP contribution is 2.23. The van der Waals surface area contributed by atoms with Gasteiger partial charge in [0.15, 0.2) is 0 Å². The summed E-state index contributed by atoms with van der Waals surface area (Å²) in [5.41, 5.74) is 0.571. The molecular formula is C13H22ClN3O4. The Balaban J connectivity index is 0.00000400. The Hall–Kier alpha value is -1.60.